The number of hydrogen-bond acceptors (Lipinski definition) is 4. The molecule has 78 valence electrons. The third-order valence-corrected chi connectivity index (χ3v) is 3.21. The molecule has 0 radical (unpaired) electrons. The second-order valence-electron chi connectivity index (χ2n) is 3.16. The number of benzene rings is 1. The minimum Gasteiger partial charge on any atom is -0.494 e. The van der Waals surface area contributed by atoms with Crippen LogP contribution < -0.4 is 9.51 Å². The Labute approximate surface area is 92.1 Å². The van der Waals surface area contributed by atoms with E-state index >= 15 is 0 Å². The summed E-state index contributed by atoms with van der Waals surface area (Å²) in [6.07, 6.45) is 0. The first-order valence-corrected chi connectivity index (χ1v) is 5.55. The molecule has 1 aromatic heterocycles. The molecule has 0 saturated heterocycles. The van der Waals surface area contributed by atoms with Gasteiger partial charge in [-0.3, -0.25) is 0 Å². The zero-order valence-electron chi connectivity index (χ0n) is 8.30. The lowest BCUT2D eigenvalue weighted by Crippen LogP contribution is -2.26. The van der Waals surface area contributed by atoms with Crippen molar-refractivity contribution in [2.45, 2.75) is 6.92 Å². The van der Waals surface area contributed by atoms with Crippen LogP contribution in [0, 0.1) is 0 Å². The fourth-order valence-corrected chi connectivity index (χ4v) is 2.38. The van der Waals surface area contributed by atoms with Gasteiger partial charge in [-0.1, -0.05) is 0 Å². The van der Waals surface area contributed by atoms with Crippen LogP contribution in [0.25, 0.3) is 10.1 Å². The molecule has 1 aromatic carbocycles. The second-order valence-corrected chi connectivity index (χ2v) is 4.27. The molecule has 3 nitrogen and oxygen atoms in total. The van der Waals surface area contributed by atoms with Crippen molar-refractivity contribution in [3.05, 3.63) is 24.3 Å². The van der Waals surface area contributed by atoms with Gasteiger partial charge in [-0.2, -0.15) is 0 Å². The maximum Gasteiger partial charge on any atom is 0.499 e. The van der Waals surface area contributed by atoms with E-state index in [1.165, 1.54) is 11.3 Å². The van der Waals surface area contributed by atoms with E-state index in [-0.39, 0.29) is 0 Å². The van der Waals surface area contributed by atoms with Crippen molar-refractivity contribution in [1.29, 1.82) is 0 Å². The van der Waals surface area contributed by atoms with E-state index in [9.17, 15) is 0 Å². The summed E-state index contributed by atoms with van der Waals surface area (Å²) in [7, 11) is -1.39. The molecule has 2 aromatic rings. The van der Waals surface area contributed by atoms with E-state index in [0.717, 1.165) is 15.8 Å². The first kappa shape index (κ1) is 10.5. The molecule has 0 bridgehead atoms. The summed E-state index contributed by atoms with van der Waals surface area (Å²) in [5.74, 6) is 0.811. The lowest BCUT2D eigenvalue weighted by molar-refractivity contribution is 0.341. The van der Waals surface area contributed by atoms with Gasteiger partial charge < -0.3 is 14.8 Å². The average molecular weight is 222 g/mol. The predicted octanol–water partition coefficient (Wildman–Crippen LogP) is 0.980. The monoisotopic (exact) mass is 222 g/mol. The summed E-state index contributed by atoms with van der Waals surface area (Å²) in [5, 5.41) is 19.1. The lowest BCUT2D eigenvalue weighted by atomic mass is 9.89. The highest BCUT2D eigenvalue weighted by Crippen LogP contribution is 2.24. The number of hydrogen-bond donors (Lipinski definition) is 2. The minimum atomic E-state index is -1.39. The maximum atomic E-state index is 9.03. The molecule has 0 fully saturated rings. The Morgan fingerprint density at radius 3 is 2.80 bits per heavy atom. The molecule has 5 heteroatoms. The quantitative estimate of drug-likeness (QED) is 0.761. The van der Waals surface area contributed by atoms with Crippen LogP contribution in [-0.4, -0.2) is 23.8 Å². The normalized spacial score (nSPS) is 10.6. The van der Waals surface area contributed by atoms with E-state index in [2.05, 4.69) is 0 Å². The summed E-state index contributed by atoms with van der Waals surface area (Å²) in [6, 6.07) is 7.49. The van der Waals surface area contributed by atoms with Gasteiger partial charge in [0.05, 0.1) is 6.61 Å². The molecule has 0 spiro atoms. The van der Waals surface area contributed by atoms with Gasteiger partial charge in [0.1, 0.15) is 5.75 Å². The van der Waals surface area contributed by atoms with Crippen molar-refractivity contribution in [3.8, 4) is 5.75 Å². The molecular formula is C10H11BO3S. The SMILES string of the molecule is CCOc1ccc2cc(B(O)O)sc2c1. The smallest absolute Gasteiger partial charge is 0.494 e. The first-order valence-electron chi connectivity index (χ1n) is 4.73. The van der Waals surface area contributed by atoms with Crippen molar-refractivity contribution < 1.29 is 14.8 Å². The molecular weight excluding hydrogens is 211 g/mol. The summed E-state index contributed by atoms with van der Waals surface area (Å²) in [4.78, 5) is 0. The average Bonchev–Trinajstić information content (AvgIpc) is 2.61. The van der Waals surface area contributed by atoms with Gasteiger partial charge in [0.25, 0.3) is 0 Å². The highest BCUT2D eigenvalue weighted by atomic mass is 32.1. The van der Waals surface area contributed by atoms with Gasteiger partial charge in [0, 0.05) is 9.48 Å². The second kappa shape index (κ2) is 4.22. The summed E-state index contributed by atoms with van der Waals surface area (Å²) in [6.45, 7) is 2.56. The third-order valence-electron chi connectivity index (χ3n) is 2.08. The van der Waals surface area contributed by atoms with Crippen molar-refractivity contribution >= 4 is 33.3 Å². The fourth-order valence-electron chi connectivity index (χ4n) is 1.42. The Morgan fingerprint density at radius 2 is 2.13 bits per heavy atom. The summed E-state index contributed by atoms with van der Waals surface area (Å²) in [5.41, 5.74) is 0. The van der Waals surface area contributed by atoms with Gasteiger partial charge in [0.2, 0.25) is 0 Å². The molecule has 15 heavy (non-hydrogen) atoms. The number of thiophene rings is 1. The van der Waals surface area contributed by atoms with Crippen LogP contribution in [0.2, 0.25) is 0 Å². The molecule has 0 aliphatic rings. The lowest BCUT2D eigenvalue weighted by Gasteiger charge is -2.01. The Morgan fingerprint density at radius 1 is 1.33 bits per heavy atom. The summed E-state index contributed by atoms with van der Waals surface area (Å²) >= 11 is 1.37. The highest BCUT2D eigenvalue weighted by Gasteiger charge is 2.14. The van der Waals surface area contributed by atoms with Crippen LogP contribution in [0.3, 0.4) is 0 Å². The van der Waals surface area contributed by atoms with E-state index in [1.807, 2.05) is 25.1 Å². The van der Waals surface area contributed by atoms with E-state index in [4.69, 9.17) is 14.8 Å². The molecule has 0 saturated carbocycles. The molecule has 0 atom stereocenters. The van der Waals surface area contributed by atoms with E-state index in [0.29, 0.717) is 11.4 Å². The first-order chi connectivity index (χ1) is 7.20. The van der Waals surface area contributed by atoms with Crippen molar-refractivity contribution in [1.82, 2.24) is 0 Å². The molecule has 1 heterocycles. The van der Waals surface area contributed by atoms with Gasteiger partial charge in [0.15, 0.2) is 0 Å². The van der Waals surface area contributed by atoms with Crippen LogP contribution in [0.5, 0.6) is 5.75 Å². The van der Waals surface area contributed by atoms with Gasteiger partial charge in [-0.05, 0) is 36.6 Å². The molecule has 2 rings (SSSR count). The zero-order chi connectivity index (χ0) is 10.8. The minimum absolute atomic E-state index is 0.554. The molecule has 0 unspecified atom stereocenters. The Bertz CT molecular complexity index is 467. The van der Waals surface area contributed by atoms with Crippen LogP contribution in [0.15, 0.2) is 24.3 Å². The van der Waals surface area contributed by atoms with E-state index in [1.54, 1.807) is 6.07 Å². The maximum absolute atomic E-state index is 9.03. The Kier molecular flexibility index (Phi) is 2.95. The number of ether oxygens (including phenoxy) is 1. The predicted molar refractivity (Wildman–Crippen MR) is 62.8 cm³/mol. The highest BCUT2D eigenvalue weighted by molar-refractivity contribution is 7.27. The van der Waals surface area contributed by atoms with Gasteiger partial charge in [-0.15, -0.1) is 11.3 Å². The molecule has 0 aliphatic heterocycles. The van der Waals surface area contributed by atoms with Gasteiger partial charge in [-0.25, -0.2) is 0 Å². The molecule has 0 aliphatic carbocycles. The Hall–Kier alpha value is -1.04. The van der Waals surface area contributed by atoms with Crippen LogP contribution in [-0.2, 0) is 0 Å². The molecule has 2 N–H and O–H groups in total. The van der Waals surface area contributed by atoms with Crippen molar-refractivity contribution in [3.63, 3.8) is 0 Å². The zero-order valence-corrected chi connectivity index (χ0v) is 9.12. The standard InChI is InChI=1S/C10H11BO3S/c1-2-14-8-4-3-7-5-10(11(12)13)15-9(7)6-8/h3-6,12-13H,2H2,1H3. The van der Waals surface area contributed by atoms with Crippen molar-refractivity contribution in [2.75, 3.05) is 6.61 Å². The largest absolute Gasteiger partial charge is 0.499 e. The van der Waals surface area contributed by atoms with Gasteiger partial charge >= 0.3 is 7.12 Å². The molecule has 0 amide bonds. The third kappa shape index (κ3) is 2.14. The summed E-state index contributed by atoms with van der Waals surface area (Å²) < 4.78 is 6.92. The number of fused-ring (bicyclic) bond motifs is 1. The van der Waals surface area contributed by atoms with Crippen LogP contribution >= 0.6 is 11.3 Å². The Balaban J connectivity index is 2.43. The van der Waals surface area contributed by atoms with Crippen LogP contribution in [0.4, 0.5) is 0 Å². The topological polar surface area (TPSA) is 49.7 Å². The van der Waals surface area contributed by atoms with E-state index < -0.39 is 7.12 Å². The number of rotatable bonds is 3. The van der Waals surface area contributed by atoms with Crippen LogP contribution in [0.1, 0.15) is 6.92 Å². The van der Waals surface area contributed by atoms with Crippen molar-refractivity contribution in [2.24, 2.45) is 0 Å². The fraction of sp³-hybridized carbons (Fsp3) is 0.200.